The number of hydrogen-bond acceptors (Lipinski definition) is 4. The van der Waals surface area contributed by atoms with Crippen LogP contribution in [0, 0.1) is 0 Å². The summed E-state index contributed by atoms with van der Waals surface area (Å²) in [7, 11) is 0. The number of pyridine rings is 2. The maximum atomic E-state index is 6.13. The van der Waals surface area contributed by atoms with Crippen LogP contribution in [0.15, 0.2) is 29.0 Å². The molecule has 2 atom stereocenters. The molecule has 5 heteroatoms. The van der Waals surface area contributed by atoms with Gasteiger partial charge < -0.3 is 10.5 Å². The average molecular weight is 322 g/mol. The zero-order valence-corrected chi connectivity index (χ0v) is 12.1. The van der Waals surface area contributed by atoms with Gasteiger partial charge in [0.25, 0.3) is 0 Å². The molecular formula is C14H16BrN3O. The van der Waals surface area contributed by atoms with Crippen molar-refractivity contribution in [1.29, 1.82) is 0 Å². The Morgan fingerprint density at radius 3 is 2.95 bits per heavy atom. The molecule has 0 spiro atoms. The van der Waals surface area contributed by atoms with E-state index in [1.165, 1.54) is 12.8 Å². The SMILES string of the molecule is NC1CCCCC1Oc1ccnc2cc(Br)cnc12. The van der Waals surface area contributed by atoms with Crippen molar-refractivity contribution < 1.29 is 4.74 Å². The Hall–Kier alpha value is -1.20. The number of aromatic nitrogens is 2. The monoisotopic (exact) mass is 321 g/mol. The van der Waals surface area contributed by atoms with E-state index in [4.69, 9.17) is 10.5 Å². The van der Waals surface area contributed by atoms with E-state index in [0.29, 0.717) is 0 Å². The van der Waals surface area contributed by atoms with E-state index < -0.39 is 0 Å². The highest BCUT2D eigenvalue weighted by Crippen LogP contribution is 2.28. The number of ether oxygens (including phenoxy) is 1. The van der Waals surface area contributed by atoms with E-state index in [1.807, 2.05) is 12.1 Å². The van der Waals surface area contributed by atoms with Crippen molar-refractivity contribution in [3.05, 3.63) is 29.0 Å². The molecule has 2 aromatic heterocycles. The highest BCUT2D eigenvalue weighted by Gasteiger charge is 2.24. The predicted octanol–water partition coefficient (Wildman–Crippen LogP) is 3.04. The summed E-state index contributed by atoms with van der Waals surface area (Å²) < 4.78 is 6.99. The van der Waals surface area contributed by atoms with Crippen LogP contribution in [0.2, 0.25) is 0 Å². The molecule has 1 saturated carbocycles. The summed E-state index contributed by atoms with van der Waals surface area (Å²) in [6.45, 7) is 0. The summed E-state index contributed by atoms with van der Waals surface area (Å²) in [6, 6.07) is 3.92. The molecule has 4 nitrogen and oxygen atoms in total. The average Bonchev–Trinajstić information content (AvgIpc) is 2.41. The zero-order chi connectivity index (χ0) is 13.2. The van der Waals surface area contributed by atoms with Gasteiger partial charge in [0.05, 0.1) is 5.52 Å². The fraction of sp³-hybridized carbons (Fsp3) is 0.429. The molecule has 2 heterocycles. The Balaban J connectivity index is 1.92. The van der Waals surface area contributed by atoms with Gasteiger partial charge in [0, 0.05) is 29.0 Å². The second-order valence-corrected chi connectivity index (χ2v) is 5.85. The minimum atomic E-state index is 0.0878. The molecule has 0 aliphatic heterocycles. The number of nitrogens with two attached hydrogens (primary N) is 1. The Morgan fingerprint density at radius 1 is 1.26 bits per heavy atom. The number of halogens is 1. The van der Waals surface area contributed by atoms with Gasteiger partial charge in [-0.05, 0) is 41.3 Å². The van der Waals surface area contributed by atoms with Crippen molar-refractivity contribution >= 4 is 27.0 Å². The van der Waals surface area contributed by atoms with Gasteiger partial charge in [0.2, 0.25) is 0 Å². The van der Waals surface area contributed by atoms with Crippen LogP contribution in [0.3, 0.4) is 0 Å². The van der Waals surface area contributed by atoms with Crippen molar-refractivity contribution in [2.45, 2.75) is 37.8 Å². The summed E-state index contributed by atoms with van der Waals surface area (Å²) in [5.41, 5.74) is 7.75. The van der Waals surface area contributed by atoms with Crippen LogP contribution in [-0.2, 0) is 0 Å². The second kappa shape index (κ2) is 5.43. The van der Waals surface area contributed by atoms with Crippen LogP contribution in [-0.4, -0.2) is 22.1 Å². The molecule has 0 aromatic carbocycles. The van der Waals surface area contributed by atoms with Crippen LogP contribution >= 0.6 is 15.9 Å². The van der Waals surface area contributed by atoms with Gasteiger partial charge in [-0.15, -0.1) is 0 Å². The summed E-state index contributed by atoms with van der Waals surface area (Å²) in [6.07, 6.45) is 8.03. The highest BCUT2D eigenvalue weighted by atomic mass is 79.9. The standard InChI is InChI=1S/C14H16BrN3O/c15-9-7-11-14(18-8-9)13(5-6-17-11)19-12-4-2-1-3-10(12)16/h5-8,10,12H,1-4,16H2. The Bertz CT molecular complexity index is 590. The lowest BCUT2D eigenvalue weighted by Crippen LogP contribution is -2.41. The van der Waals surface area contributed by atoms with E-state index in [2.05, 4.69) is 25.9 Å². The Morgan fingerprint density at radius 2 is 2.11 bits per heavy atom. The largest absolute Gasteiger partial charge is 0.486 e. The van der Waals surface area contributed by atoms with Gasteiger partial charge in [-0.3, -0.25) is 4.98 Å². The molecule has 19 heavy (non-hydrogen) atoms. The topological polar surface area (TPSA) is 61.0 Å². The summed E-state index contributed by atoms with van der Waals surface area (Å²) in [5, 5.41) is 0. The van der Waals surface area contributed by atoms with Crippen LogP contribution < -0.4 is 10.5 Å². The molecule has 0 bridgehead atoms. The molecule has 1 aliphatic rings. The third-order valence-electron chi connectivity index (χ3n) is 3.54. The smallest absolute Gasteiger partial charge is 0.149 e. The lowest BCUT2D eigenvalue weighted by atomic mass is 9.93. The first kappa shape index (κ1) is 12.8. The molecule has 0 amide bonds. The Labute approximate surface area is 120 Å². The van der Waals surface area contributed by atoms with Crippen LogP contribution in [0.25, 0.3) is 11.0 Å². The lowest BCUT2D eigenvalue weighted by Gasteiger charge is -2.29. The highest BCUT2D eigenvalue weighted by molar-refractivity contribution is 9.10. The van der Waals surface area contributed by atoms with Gasteiger partial charge >= 0.3 is 0 Å². The van der Waals surface area contributed by atoms with Crippen LogP contribution in [0.5, 0.6) is 5.75 Å². The first-order valence-electron chi connectivity index (χ1n) is 6.56. The van der Waals surface area contributed by atoms with Gasteiger partial charge in [0.1, 0.15) is 17.4 Å². The quantitative estimate of drug-likeness (QED) is 0.923. The zero-order valence-electron chi connectivity index (χ0n) is 10.6. The van der Waals surface area contributed by atoms with Crippen LogP contribution in [0.4, 0.5) is 0 Å². The molecule has 1 aliphatic carbocycles. The number of fused-ring (bicyclic) bond motifs is 1. The molecule has 3 rings (SSSR count). The maximum absolute atomic E-state index is 6.13. The molecule has 0 saturated heterocycles. The van der Waals surface area contributed by atoms with E-state index in [-0.39, 0.29) is 12.1 Å². The van der Waals surface area contributed by atoms with E-state index in [9.17, 15) is 0 Å². The van der Waals surface area contributed by atoms with Crippen molar-refractivity contribution in [1.82, 2.24) is 9.97 Å². The first-order chi connectivity index (χ1) is 9.24. The predicted molar refractivity (Wildman–Crippen MR) is 78.1 cm³/mol. The van der Waals surface area contributed by atoms with Gasteiger partial charge in [0.15, 0.2) is 0 Å². The number of rotatable bonds is 2. The van der Waals surface area contributed by atoms with Crippen molar-refractivity contribution in [2.75, 3.05) is 0 Å². The molecule has 2 aromatic rings. The molecule has 2 N–H and O–H groups in total. The third-order valence-corrected chi connectivity index (χ3v) is 3.97. The van der Waals surface area contributed by atoms with Crippen molar-refractivity contribution in [2.24, 2.45) is 5.73 Å². The fourth-order valence-corrected chi connectivity index (χ4v) is 2.83. The molecule has 100 valence electrons. The van der Waals surface area contributed by atoms with E-state index >= 15 is 0 Å². The third kappa shape index (κ3) is 2.72. The molecular weight excluding hydrogens is 306 g/mol. The second-order valence-electron chi connectivity index (χ2n) is 4.93. The molecule has 0 radical (unpaired) electrons. The molecule has 2 unspecified atom stereocenters. The van der Waals surface area contributed by atoms with Crippen LogP contribution in [0.1, 0.15) is 25.7 Å². The Kier molecular flexibility index (Phi) is 3.66. The molecule has 1 fully saturated rings. The summed E-state index contributed by atoms with van der Waals surface area (Å²) >= 11 is 3.40. The normalized spacial score (nSPS) is 23.5. The summed E-state index contributed by atoms with van der Waals surface area (Å²) in [5.74, 6) is 0.778. The maximum Gasteiger partial charge on any atom is 0.149 e. The fourth-order valence-electron chi connectivity index (χ4n) is 2.51. The lowest BCUT2D eigenvalue weighted by molar-refractivity contribution is 0.134. The van der Waals surface area contributed by atoms with Gasteiger partial charge in [-0.25, -0.2) is 4.98 Å². The van der Waals surface area contributed by atoms with Crippen molar-refractivity contribution in [3.63, 3.8) is 0 Å². The van der Waals surface area contributed by atoms with Gasteiger partial charge in [-0.2, -0.15) is 0 Å². The minimum absolute atomic E-state index is 0.0878. The van der Waals surface area contributed by atoms with Gasteiger partial charge in [-0.1, -0.05) is 6.42 Å². The summed E-state index contributed by atoms with van der Waals surface area (Å²) in [4.78, 5) is 8.71. The number of hydrogen-bond donors (Lipinski definition) is 1. The minimum Gasteiger partial charge on any atom is -0.486 e. The van der Waals surface area contributed by atoms with E-state index in [0.717, 1.165) is 34.1 Å². The van der Waals surface area contributed by atoms with E-state index in [1.54, 1.807) is 12.4 Å². The van der Waals surface area contributed by atoms with Crippen molar-refractivity contribution in [3.8, 4) is 5.75 Å². The first-order valence-corrected chi connectivity index (χ1v) is 7.36. The number of nitrogens with zero attached hydrogens (tertiary/aromatic N) is 2.